The summed E-state index contributed by atoms with van der Waals surface area (Å²) in [6.45, 7) is 8.34. The predicted octanol–water partition coefficient (Wildman–Crippen LogP) is 4.26. The predicted molar refractivity (Wildman–Crippen MR) is 95.9 cm³/mol. The molecule has 1 heterocycles. The molecular weight excluding hydrogens is 286 g/mol. The molecule has 4 nitrogen and oxygen atoms in total. The van der Waals surface area contributed by atoms with Crippen LogP contribution >= 0.6 is 0 Å². The number of rotatable bonds is 2. The highest BCUT2D eigenvalue weighted by Gasteiger charge is 2.27. The Bertz CT molecular complexity index is 706. The number of anilines is 1. The molecule has 3 rings (SSSR count). The third-order valence-corrected chi connectivity index (χ3v) is 4.47. The van der Waals surface area contributed by atoms with Crippen molar-refractivity contribution in [3.05, 3.63) is 34.9 Å². The standard InChI is InChI=1S/C19H25N3O/c1-12-9-15-13(2)11-19(3,4)20-17(15)16(10-12)18(23)22-21-14-7-5-6-8-14/h9-11,20H,5-8H2,1-4H3,(H,22,23). The molecule has 1 saturated carbocycles. The van der Waals surface area contributed by atoms with Crippen LogP contribution in [0, 0.1) is 6.92 Å². The first-order valence-corrected chi connectivity index (χ1v) is 8.34. The summed E-state index contributed by atoms with van der Waals surface area (Å²) in [5, 5.41) is 7.79. The van der Waals surface area contributed by atoms with Crippen molar-refractivity contribution in [3.63, 3.8) is 0 Å². The highest BCUT2D eigenvalue weighted by Crippen LogP contribution is 2.36. The Morgan fingerprint density at radius 3 is 2.61 bits per heavy atom. The number of benzene rings is 1. The van der Waals surface area contributed by atoms with E-state index in [1.54, 1.807) is 0 Å². The van der Waals surface area contributed by atoms with Crippen molar-refractivity contribution in [3.8, 4) is 0 Å². The fourth-order valence-electron chi connectivity index (χ4n) is 3.47. The third kappa shape index (κ3) is 3.31. The summed E-state index contributed by atoms with van der Waals surface area (Å²) in [6.07, 6.45) is 6.55. The molecular formula is C19H25N3O. The second-order valence-electron chi connectivity index (χ2n) is 7.24. The van der Waals surface area contributed by atoms with Gasteiger partial charge < -0.3 is 5.32 Å². The Labute approximate surface area is 138 Å². The molecule has 122 valence electrons. The number of carbonyl (C=O) groups is 1. The zero-order valence-corrected chi connectivity index (χ0v) is 14.4. The summed E-state index contributed by atoms with van der Waals surface area (Å²) < 4.78 is 0. The Balaban J connectivity index is 1.95. The fourth-order valence-corrected chi connectivity index (χ4v) is 3.47. The lowest BCUT2D eigenvalue weighted by molar-refractivity contribution is 0.0955. The molecule has 1 aliphatic carbocycles. The topological polar surface area (TPSA) is 53.5 Å². The van der Waals surface area contributed by atoms with Gasteiger partial charge in [0.1, 0.15) is 0 Å². The number of aryl methyl sites for hydroxylation is 1. The van der Waals surface area contributed by atoms with E-state index < -0.39 is 0 Å². The van der Waals surface area contributed by atoms with Crippen LogP contribution in [0.2, 0.25) is 0 Å². The summed E-state index contributed by atoms with van der Waals surface area (Å²) in [7, 11) is 0. The number of hydrogen-bond acceptors (Lipinski definition) is 3. The van der Waals surface area contributed by atoms with Gasteiger partial charge >= 0.3 is 0 Å². The van der Waals surface area contributed by atoms with Crippen LogP contribution in [0.3, 0.4) is 0 Å². The largest absolute Gasteiger partial charge is 0.376 e. The van der Waals surface area contributed by atoms with Crippen LogP contribution in [0.25, 0.3) is 5.57 Å². The molecule has 0 aromatic heterocycles. The van der Waals surface area contributed by atoms with Crippen LogP contribution < -0.4 is 10.7 Å². The smallest absolute Gasteiger partial charge is 0.273 e. The molecule has 0 radical (unpaired) electrons. The lowest BCUT2D eigenvalue weighted by atomic mass is 9.88. The molecule has 0 spiro atoms. The van der Waals surface area contributed by atoms with E-state index in [9.17, 15) is 4.79 Å². The molecule has 1 aromatic rings. The maximum atomic E-state index is 12.7. The van der Waals surface area contributed by atoms with Crippen molar-refractivity contribution in [2.75, 3.05) is 5.32 Å². The first-order chi connectivity index (χ1) is 10.9. The molecule has 0 bridgehead atoms. The molecule has 1 aromatic carbocycles. The second kappa shape index (κ2) is 5.84. The lowest BCUT2D eigenvalue weighted by Crippen LogP contribution is -2.33. The van der Waals surface area contributed by atoms with Gasteiger partial charge in [0.2, 0.25) is 0 Å². The van der Waals surface area contributed by atoms with E-state index in [0.717, 1.165) is 35.4 Å². The SMILES string of the molecule is CC1=CC(C)(C)Nc2c(C(=O)NN=C3CCCC3)cc(C)cc21. The van der Waals surface area contributed by atoms with Gasteiger partial charge in [-0.2, -0.15) is 5.10 Å². The summed E-state index contributed by atoms with van der Waals surface area (Å²) >= 11 is 0. The maximum absolute atomic E-state index is 12.7. The van der Waals surface area contributed by atoms with E-state index in [-0.39, 0.29) is 11.4 Å². The molecule has 0 unspecified atom stereocenters. The number of carbonyl (C=O) groups excluding carboxylic acids is 1. The summed E-state index contributed by atoms with van der Waals surface area (Å²) in [4.78, 5) is 12.7. The number of nitrogens with one attached hydrogen (secondary N) is 2. The van der Waals surface area contributed by atoms with Gasteiger partial charge in [-0.25, -0.2) is 5.43 Å². The quantitative estimate of drug-likeness (QED) is 0.802. The van der Waals surface area contributed by atoms with Crippen LogP contribution in [0.1, 0.15) is 67.9 Å². The van der Waals surface area contributed by atoms with Gasteiger partial charge in [0, 0.05) is 11.3 Å². The Kier molecular flexibility index (Phi) is 4.00. The molecule has 1 fully saturated rings. The Morgan fingerprint density at radius 1 is 1.22 bits per heavy atom. The van der Waals surface area contributed by atoms with Gasteiger partial charge in [0.15, 0.2) is 0 Å². The van der Waals surface area contributed by atoms with Crippen molar-refractivity contribution in [2.45, 2.75) is 58.9 Å². The number of hydrogen-bond donors (Lipinski definition) is 2. The summed E-state index contributed by atoms with van der Waals surface area (Å²) in [6, 6.07) is 4.06. The van der Waals surface area contributed by atoms with Gasteiger partial charge in [-0.15, -0.1) is 0 Å². The minimum Gasteiger partial charge on any atom is -0.376 e. The van der Waals surface area contributed by atoms with E-state index >= 15 is 0 Å². The minimum absolute atomic E-state index is 0.137. The van der Waals surface area contributed by atoms with E-state index in [2.05, 4.69) is 48.8 Å². The summed E-state index contributed by atoms with van der Waals surface area (Å²) in [5.74, 6) is -0.137. The first kappa shape index (κ1) is 15.8. The molecule has 1 aliphatic heterocycles. The average Bonchev–Trinajstić information content (AvgIpc) is 2.97. The van der Waals surface area contributed by atoms with Gasteiger partial charge in [0.05, 0.1) is 16.8 Å². The average molecular weight is 311 g/mol. The Hall–Kier alpha value is -2.10. The normalized spacial score (nSPS) is 18.8. The highest BCUT2D eigenvalue weighted by atomic mass is 16.2. The highest BCUT2D eigenvalue weighted by molar-refractivity contribution is 6.03. The van der Waals surface area contributed by atoms with E-state index in [0.29, 0.717) is 5.56 Å². The zero-order chi connectivity index (χ0) is 16.6. The molecule has 0 atom stereocenters. The summed E-state index contributed by atoms with van der Waals surface area (Å²) in [5.41, 5.74) is 8.64. The number of fused-ring (bicyclic) bond motifs is 1. The van der Waals surface area contributed by atoms with Gasteiger partial charge in [-0.05, 0) is 76.6 Å². The molecule has 4 heteroatoms. The molecule has 0 saturated heterocycles. The lowest BCUT2D eigenvalue weighted by Gasteiger charge is -2.33. The van der Waals surface area contributed by atoms with Gasteiger partial charge in [0.25, 0.3) is 5.91 Å². The van der Waals surface area contributed by atoms with Crippen molar-refractivity contribution in [2.24, 2.45) is 5.10 Å². The Morgan fingerprint density at radius 2 is 1.91 bits per heavy atom. The zero-order valence-electron chi connectivity index (χ0n) is 14.4. The van der Waals surface area contributed by atoms with E-state index in [4.69, 9.17) is 0 Å². The van der Waals surface area contributed by atoms with Crippen molar-refractivity contribution >= 4 is 22.9 Å². The van der Waals surface area contributed by atoms with E-state index in [1.807, 2.05) is 13.0 Å². The monoisotopic (exact) mass is 311 g/mol. The van der Waals surface area contributed by atoms with Gasteiger partial charge in [-0.3, -0.25) is 4.79 Å². The fraction of sp³-hybridized carbons (Fsp3) is 0.474. The molecule has 23 heavy (non-hydrogen) atoms. The number of hydrazone groups is 1. The van der Waals surface area contributed by atoms with Crippen LogP contribution in [0.5, 0.6) is 0 Å². The number of allylic oxidation sites excluding steroid dienone is 1. The minimum atomic E-state index is -0.168. The number of nitrogens with zero attached hydrogens (tertiary/aromatic N) is 1. The van der Waals surface area contributed by atoms with Crippen LogP contribution in [-0.4, -0.2) is 17.2 Å². The van der Waals surface area contributed by atoms with Crippen LogP contribution in [0.15, 0.2) is 23.3 Å². The maximum Gasteiger partial charge on any atom is 0.273 e. The van der Waals surface area contributed by atoms with Crippen LogP contribution in [0.4, 0.5) is 5.69 Å². The molecule has 1 amide bonds. The molecule has 2 N–H and O–H groups in total. The van der Waals surface area contributed by atoms with Crippen molar-refractivity contribution < 1.29 is 4.79 Å². The first-order valence-electron chi connectivity index (χ1n) is 8.34. The number of amides is 1. The second-order valence-corrected chi connectivity index (χ2v) is 7.24. The van der Waals surface area contributed by atoms with Crippen LogP contribution in [-0.2, 0) is 0 Å². The van der Waals surface area contributed by atoms with Crippen molar-refractivity contribution in [1.82, 2.24) is 5.43 Å². The van der Waals surface area contributed by atoms with E-state index in [1.165, 1.54) is 18.4 Å². The third-order valence-electron chi connectivity index (χ3n) is 4.47. The van der Waals surface area contributed by atoms with Crippen molar-refractivity contribution in [1.29, 1.82) is 0 Å². The molecule has 2 aliphatic rings. The van der Waals surface area contributed by atoms with Gasteiger partial charge in [-0.1, -0.05) is 6.08 Å².